The molecule has 0 N–H and O–H groups in total. The Morgan fingerprint density at radius 3 is 2.00 bits per heavy atom. The second-order valence-electron chi connectivity index (χ2n) is 7.43. The minimum Gasteiger partial charge on any atom is -0.457 e. The zero-order valence-corrected chi connectivity index (χ0v) is 14.3. The lowest BCUT2D eigenvalue weighted by atomic mass is 9.98. The predicted octanol–water partition coefficient (Wildman–Crippen LogP) is 5.39. The van der Waals surface area contributed by atoms with Gasteiger partial charge in [0.15, 0.2) is 0 Å². The van der Waals surface area contributed by atoms with Gasteiger partial charge in [-0.25, -0.2) is 0 Å². The highest BCUT2D eigenvalue weighted by Crippen LogP contribution is 2.64. The van der Waals surface area contributed by atoms with Crippen LogP contribution in [-0.2, 0) is 9.53 Å². The van der Waals surface area contributed by atoms with Crippen LogP contribution in [0.2, 0.25) is 0 Å². The fourth-order valence-corrected chi connectivity index (χ4v) is 3.12. The fraction of sp³-hybridized carbons (Fsp3) is 0.381. The van der Waals surface area contributed by atoms with E-state index in [2.05, 4.69) is 38.1 Å². The van der Waals surface area contributed by atoms with E-state index < -0.39 is 0 Å². The summed E-state index contributed by atoms with van der Waals surface area (Å²) in [5.74, 6) is -0.0814. The lowest BCUT2D eigenvalue weighted by molar-refractivity contribution is -0.156. The van der Waals surface area contributed by atoms with E-state index in [0.717, 1.165) is 12.0 Å². The Morgan fingerprint density at radius 2 is 1.48 bits per heavy atom. The number of benzene rings is 2. The first-order chi connectivity index (χ1) is 10.8. The van der Waals surface area contributed by atoms with Crippen molar-refractivity contribution >= 4 is 5.97 Å². The second-order valence-corrected chi connectivity index (χ2v) is 7.43. The van der Waals surface area contributed by atoms with Crippen LogP contribution in [0.3, 0.4) is 0 Å². The molecule has 0 radical (unpaired) electrons. The average Bonchev–Trinajstić information content (AvgIpc) is 3.08. The maximum absolute atomic E-state index is 12.4. The van der Waals surface area contributed by atoms with Crippen molar-refractivity contribution in [3.63, 3.8) is 0 Å². The van der Waals surface area contributed by atoms with Crippen LogP contribution in [0.15, 0.2) is 54.6 Å². The summed E-state index contributed by atoms with van der Waals surface area (Å²) in [6, 6.07) is 18.5. The molecular formula is C21H24O2. The smallest absolute Gasteiger partial charge is 0.312 e. The molecule has 0 aliphatic heterocycles. The van der Waals surface area contributed by atoms with Crippen LogP contribution in [0.1, 0.15) is 45.8 Å². The number of carbonyl (C=O) groups excluding carboxylic acids is 1. The van der Waals surface area contributed by atoms with Gasteiger partial charge in [-0.15, -0.1) is 0 Å². The highest BCUT2D eigenvalue weighted by Gasteiger charge is 2.64. The molecule has 2 nitrogen and oxygen atoms in total. The van der Waals surface area contributed by atoms with Crippen molar-refractivity contribution in [1.82, 2.24) is 0 Å². The summed E-state index contributed by atoms with van der Waals surface area (Å²) in [4.78, 5) is 12.4. The number of hydrogen-bond donors (Lipinski definition) is 0. The molecule has 2 aromatic carbocycles. The Bertz CT molecular complexity index is 700. The molecule has 0 saturated heterocycles. The SMILES string of the molecule is CC(OC(=O)C1(C)CC1(C)C)c1ccc(-c2ccccc2)cc1. The van der Waals surface area contributed by atoms with Gasteiger partial charge in [-0.3, -0.25) is 4.79 Å². The third kappa shape index (κ3) is 2.90. The average molecular weight is 308 g/mol. The highest BCUT2D eigenvalue weighted by atomic mass is 16.5. The van der Waals surface area contributed by atoms with E-state index in [4.69, 9.17) is 4.74 Å². The van der Waals surface area contributed by atoms with Gasteiger partial charge in [0, 0.05) is 0 Å². The van der Waals surface area contributed by atoms with Crippen LogP contribution in [0.25, 0.3) is 11.1 Å². The Hall–Kier alpha value is -2.09. The molecule has 2 unspecified atom stereocenters. The van der Waals surface area contributed by atoms with Crippen LogP contribution in [0, 0.1) is 10.8 Å². The molecule has 1 aliphatic rings. The van der Waals surface area contributed by atoms with Crippen LogP contribution < -0.4 is 0 Å². The van der Waals surface area contributed by atoms with Crippen LogP contribution >= 0.6 is 0 Å². The molecule has 2 heteroatoms. The summed E-state index contributed by atoms with van der Waals surface area (Å²) in [5, 5.41) is 0. The van der Waals surface area contributed by atoms with Gasteiger partial charge in [-0.05, 0) is 42.4 Å². The van der Waals surface area contributed by atoms with E-state index in [1.807, 2.05) is 44.2 Å². The quantitative estimate of drug-likeness (QED) is 0.707. The molecule has 0 amide bonds. The summed E-state index contributed by atoms with van der Waals surface area (Å²) in [7, 11) is 0. The highest BCUT2D eigenvalue weighted by molar-refractivity contribution is 5.81. The number of ether oxygens (including phenoxy) is 1. The lowest BCUT2D eigenvalue weighted by Gasteiger charge is -2.19. The maximum Gasteiger partial charge on any atom is 0.312 e. The van der Waals surface area contributed by atoms with Gasteiger partial charge in [0.05, 0.1) is 5.41 Å². The number of rotatable bonds is 4. The maximum atomic E-state index is 12.4. The molecule has 0 bridgehead atoms. The van der Waals surface area contributed by atoms with Crippen LogP contribution in [0.5, 0.6) is 0 Å². The van der Waals surface area contributed by atoms with Gasteiger partial charge in [0.1, 0.15) is 6.10 Å². The first kappa shape index (κ1) is 15.8. The van der Waals surface area contributed by atoms with E-state index >= 15 is 0 Å². The zero-order chi connectivity index (χ0) is 16.7. The Labute approximate surface area is 138 Å². The van der Waals surface area contributed by atoms with Crippen molar-refractivity contribution in [3.8, 4) is 11.1 Å². The van der Waals surface area contributed by atoms with E-state index in [9.17, 15) is 4.79 Å². The molecule has 2 aromatic rings. The minimum atomic E-state index is -0.328. The molecule has 2 atom stereocenters. The van der Waals surface area contributed by atoms with Crippen LogP contribution in [-0.4, -0.2) is 5.97 Å². The summed E-state index contributed by atoms with van der Waals surface area (Å²) >= 11 is 0. The molecule has 1 saturated carbocycles. The van der Waals surface area contributed by atoms with Gasteiger partial charge in [0.2, 0.25) is 0 Å². The molecule has 3 rings (SSSR count). The normalized spacial score (nSPS) is 23.1. The molecular weight excluding hydrogens is 284 g/mol. The van der Waals surface area contributed by atoms with Crippen molar-refractivity contribution in [2.75, 3.05) is 0 Å². The van der Waals surface area contributed by atoms with Crippen molar-refractivity contribution in [2.45, 2.75) is 40.2 Å². The third-order valence-electron chi connectivity index (χ3n) is 5.39. The number of hydrogen-bond acceptors (Lipinski definition) is 2. The van der Waals surface area contributed by atoms with Crippen molar-refractivity contribution in [2.24, 2.45) is 10.8 Å². The summed E-state index contributed by atoms with van der Waals surface area (Å²) in [6.45, 7) is 8.18. The fourth-order valence-electron chi connectivity index (χ4n) is 3.12. The van der Waals surface area contributed by atoms with Gasteiger partial charge in [0.25, 0.3) is 0 Å². The molecule has 0 aromatic heterocycles. The standard InChI is InChI=1S/C21H24O2/c1-15(23-19(22)21(4)14-20(21,2)3)16-10-12-18(13-11-16)17-8-6-5-7-9-17/h5-13,15H,14H2,1-4H3. The van der Waals surface area contributed by atoms with E-state index in [1.165, 1.54) is 11.1 Å². The van der Waals surface area contributed by atoms with Gasteiger partial charge in [-0.2, -0.15) is 0 Å². The number of esters is 1. The first-order valence-electron chi connectivity index (χ1n) is 8.20. The predicted molar refractivity (Wildman–Crippen MR) is 92.9 cm³/mol. The third-order valence-corrected chi connectivity index (χ3v) is 5.39. The Kier molecular flexibility index (Phi) is 3.79. The molecule has 1 fully saturated rings. The molecule has 1 aliphatic carbocycles. The summed E-state index contributed by atoms with van der Waals surface area (Å²) < 4.78 is 5.71. The van der Waals surface area contributed by atoms with Crippen molar-refractivity contribution in [3.05, 3.63) is 60.2 Å². The zero-order valence-electron chi connectivity index (χ0n) is 14.3. The topological polar surface area (TPSA) is 26.3 Å². The van der Waals surface area contributed by atoms with E-state index in [-0.39, 0.29) is 22.9 Å². The van der Waals surface area contributed by atoms with Crippen LogP contribution in [0.4, 0.5) is 0 Å². The van der Waals surface area contributed by atoms with Crippen molar-refractivity contribution < 1.29 is 9.53 Å². The molecule has 23 heavy (non-hydrogen) atoms. The van der Waals surface area contributed by atoms with Gasteiger partial charge >= 0.3 is 5.97 Å². The monoisotopic (exact) mass is 308 g/mol. The van der Waals surface area contributed by atoms with Gasteiger partial charge in [-0.1, -0.05) is 68.4 Å². The Balaban J connectivity index is 1.69. The van der Waals surface area contributed by atoms with E-state index in [0.29, 0.717) is 0 Å². The second kappa shape index (κ2) is 5.52. The number of carbonyl (C=O) groups is 1. The van der Waals surface area contributed by atoms with E-state index in [1.54, 1.807) is 0 Å². The van der Waals surface area contributed by atoms with Gasteiger partial charge < -0.3 is 4.74 Å². The molecule has 0 heterocycles. The van der Waals surface area contributed by atoms with Crippen molar-refractivity contribution in [1.29, 1.82) is 0 Å². The summed E-state index contributed by atoms with van der Waals surface area (Å²) in [5.41, 5.74) is 3.12. The largest absolute Gasteiger partial charge is 0.457 e. The first-order valence-corrected chi connectivity index (χ1v) is 8.20. The molecule has 0 spiro atoms. The minimum absolute atomic E-state index is 0.0565. The lowest BCUT2D eigenvalue weighted by Crippen LogP contribution is -2.22. The Morgan fingerprint density at radius 1 is 0.957 bits per heavy atom. The molecule has 120 valence electrons. The summed E-state index contributed by atoms with van der Waals surface area (Å²) in [6.07, 6.45) is 0.680.